The Labute approximate surface area is 101 Å². The molecule has 1 aliphatic rings. The number of rotatable bonds is 2. The third kappa shape index (κ3) is 1.98. The minimum absolute atomic E-state index is 0.173. The maximum atomic E-state index is 9.57. The molecule has 1 aliphatic heterocycles. The van der Waals surface area contributed by atoms with Crippen LogP contribution in [0.2, 0.25) is 0 Å². The lowest BCUT2D eigenvalue weighted by molar-refractivity contribution is 0.121. The van der Waals surface area contributed by atoms with Crippen molar-refractivity contribution in [3.63, 3.8) is 0 Å². The highest BCUT2D eigenvalue weighted by Crippen LogP contribution is 2.33. The summed E-state index contributed by atoms with van der Waals surface area (Å²) in [7, 11) is 0. The number of hydrogen-bond acceptors (Lipinski definition) is 7. The second kappa shape index (κ2) is 4.34. The minimum Gasteiger partial charge on any atom is -0.506 e. The van der Waals surface area contributed by atoms with Crippen molar-refractivity contribution in [1.82, 2.24) is 10.1 Å². The lowest BCUT2D eigenvalue weighted by Crippen LogP contribution is -2.36. The Morgan fingerprint density at radius 1 is 1.35 bits per heavy atom. The van der Waals surface area contributed by atoms with Gasteiger partial charge < -0.3 is 19.3 Å². The van der Waals surface area contributed by atoms with E-state index >= 15 is 0 Å². The topological polar surface area (TPSA) is 71.6 Å². The van der Waals surface area contributed by atoms with Gasteiger partial charge in [-0.1, -0.05) is 0 Å². The first-order valence-electron chi connectivity index (χ1n) is 5.28. The van der Waals surface area contributed by atoms with Crippen molar-refractivity contribution in [2.75, 3.05) is 31.2 Å². The molecular weight excluding hydrogens is 242 g/mol. The van der Waals surface area contributed by atoms with Crippen LogP contribution in [0.15, 0.2) is 16.0 Å². The Balaban J connectivity index is 1.85. The van der Waals surface area contributed by atoms with E-state index in [0.717, 1.165) is 13.1 Å². The van der Waals surface area contributed by atoms with E-state index in [-0.39, 0.29) is 5.75 Å². The average Bonchev–Trinajstić information content (AvgIpc) is 2.98. The first kappa shape index (κ1) is 10.5. The van der Waals surface area contributed by atoms with Gasteiger partial charge in [0.25, 0.3) is 11.8 Å². The molecule has 3 rings (SSSR count). The zero-order valence-electron chi connectivity index (χ0n) is 9.00. The normalized spacial score (nSPS) is 16.4. The van der Waals surface area contributed by atoms with Crippen LogP contribution < -0.4 is 4.90 Å². The van der Waals surface area contributed by atoms with Crippen LogP contribution in [-0.2, 0) is 4.74 Å². The number of aromatic nitrogens is 2. The molecule has 6 nitrogen and oxygen atoms in total. The third-order valence-electron chi connectivity index (χ3n) is 2.55. The van der Waals surface area contributed by atoms with Crippen LogP contribution in [0.1, 0.15) is 0 Å². The Kier molecular flexibility index (Phi) is 2.69. The maximum Gasteiger partial charge on any atom is 0.273 e. The maximum absolute atomic E-state index is 9.57. The van der Waals surface area contributed by atoms with Gasteiger partial charge in [-0.3, -0.25) is 0 Å². The SMILES string of the molecule is Oc1ccsc1-c1nc(N2CCOCC2)no1. The van der Waals surface area contributed by atoms with Gasteiger partial charge in [-0.15, -0.1) is 11.3 Å². The summed E-state index contributed by atoms with van der Waals surface area (Å²) in [4.78, 5) is 6.89. The molecule has 0 atom stereocenters. The minimum atomic E-state index is 0.173. The highest BCUT2D eigenvalue weighted by atomic mass is 32.1. The Morgan fingerprint density at radius 3 is 2.88 bits per heavy atom. The summed E-state index contributed by atoms with van der Waals surface area (Å²) in [5.41, 5.74) is 0. The van der Waals surface area contributed by atoms with Crippen molar-refractivity contribution in [3.8, 4) is 16.5 Å². The van der Waals surface area contributed by atoms with E-state index in [9.17, 15) is 5.11 Å². The second-order valence-corrected chi connectivity index (χ2v) is 4.55. The van der Waals surface area contributed by atoms with Crippen molar-refractivity contribution in [3.05, 3.63) is 11.4 Å². The van der Waals surface area contributed by atoms with Gasteiger partial charge >= 0.3 is 0 Å². The van der Waals surface area contributed by atoms with Crippen molar-refractivity contribution in [1.29, 1.82) is 0 Å². The summed E-state index contributed by atoms with van der Waals surface area (Å²) in [5, 5.41) is 15.3. The third-order valence-corrected chi connectivity index (χ3v) is 3.44. The van der Waals surface area contributed by atoms with Gasteiger partial charge in [0.05, 0.1) is 13.2 Å². The van der Waals surface area contributed by atoms with E-state index in [1.54, 1.807) is 11.4 Å². The molecule has 90 valence electrons. The summed E-state index contributed by atoms with van der Waals surface area (Å²) in [5.74, 6) is 1.09. The summed E-state index contributed by atoms with van der Waals surface area (Å²) in [6.45, 7) is 2.87. The predicted molar refractivity (Wildman–Crippen MR) is 62.3 cm³/mol. The highest BCUT2D eigenvalue weighted by Gasteiger charge is 2.19. The fourth-order valence-corrected chi connectivity index (χ4v) is 2.37. The van der Waals surface area contributed by atoms with E-state index < -0.39 is 0 Å². The van der Waals surface area contributed by atoms with Crippen LogP contribution >= 0.6 is 11.3 Å². The Hall–Kier alpha value is -1.60. The molecule has 0 amide bonds. The molecule has 1 fully saturated rings. The van der Waals surface area contributed by atoms with Crippen LogP contribution in [0.3, 0.4) is 0 Å². The summed E-state index contributed by atoms with van der Waals surface area (Å²) >= 11 is 1.37. The molecule has 1 saturated heterocycles. The molecule has 2 aromatic rings. The second-order valence-electron chi connectivity index (χ2n) is 3.63. The zero-order chi connectivity index (χ0) is 11.7. The molecular formula is C10H11N3O3S. The number of anilines is 1. The van der Waals surface area contributed by atoms with Crippen LogP contribution in [0.4, 0.5) is 5.95 Å². The molecule has 2 aromatic heterocycles. The van der Waals surface area contributed by atoms with Gasteiger partial charge in [0.2, 0.25) is 0 Å². The summed E-state index contributed by atoms with van der Waals surface area (Å²) in [6.07, 6.45) is 0. The Bertz CT molecular complexity index is 504. The summed E-state index contributed by atoms with van der Waals surface area (Å²) < 4.78 is 10.4. The van der Waals surface area contributed by atoms with Crippen molar-refractivity contribution in [2.24, 2.45) is 0 Å². The zero-order valence-corrected chi connectivity index (χ0v) is 9.81. The smallest absolute Gasteiger partial charge is 0.273 e. The lowest BCUT2D eigenvalue weighted by Gasteiger charge is -2.24. The van der Waals surface area contributed by atoms with Crippen LogP contribution in [0, 0.1) is 0 Å². The van der Waals surface area contributed by atoms with Crippen LogP contribution in [0.5, 0.6) is 5.75 Å². The number of thiophene rings is 1. The molecule has 1 N–H and O–H groups in total. The standard InChI is InChI=1S/C10H11N3O3S/c14-7-1-6-17-8(7)9-11-10(12-16-9)13-2-4-15-5-3-13/h1,6,14H,2-5H2. The van der Waals surface area contributed by atoms with E-state index in [1.807, 2.05) is 4.90 Å². The molecule has 0 radical (unpaired) electrons. The molecule has 17 heavy (non-hydrogen) atoms. The van der Waals surface area contributed by atoms with Crippen LogP contribution in [0.25, 0.3) is 10.8 Å². The number of hydrogen-bond donors (Lipinski definition) is 1. The Morgan fingerprint density at radius 2 is 2.18 bits per heavy atom. The van der Waals surface area contributed by atoms with Gasteiger partial charge in [0.15, 0.2) is 0 Å². The number of ether oxygens (including phenoxy) is 1. The average molecular weight is 253 g/mol. The number of morpholine rings is 1. The van der Waals surface area contributed by atoms with Gasteiger partial charge in [-0.05, 0) is 16.6 Å². The summed E-state index contributed by atoms with van der Waals surface area (Å²) in [6, 6.07) is 1.61. The molecule has 3 heterocycles. The van der Waals surface area contributed by atoms with Crippen molar-refractivity contribution in [2.45, 2.75) is 0 Å². The monoisotopic (exact) mass is 253 g/mol. The number of nitrogens with zero attached hydrogens (tertiary/aromatic N) is 3. The van der Waals surface area contributed by atoms with E-state index in [0.29, 0.717) is 29.9 Å². The molecule has 0 aromatic carbocycles. The fraction of sp³-hybridized carbons (Fsp3) is 0.400. The van der Waals surface area contributed by atoms with Gasteiger partial charge in [0.1, 0.15) is 10.6 Å². The largest absolute Gasteiger partial charge is 0.506 e. The van der Waals surface area contributed by atoms with Crippen molar-refractivity contribution < 1.29 is 14.4 Å². The first-order chi connectivity index (χ1) is 8.34. The lowest BCUT2D eigenvalue weighted by atomic mass is 10.4. The predicted octanol–water partition coefficient (Wildman–Crippen LogP) is 1.34. The molecule has 7 heteroatoms. The fourth-order valence-electron chi connectivity index (χ4n) is 1.66. The molecule has 0 saturated carbocycles. The van der Waals surface area contributed by atoms with E-state index in [4.69, 9.17) is 9.26 Å². The van der Waals surface area contributed by atoms with Crippen LogP contribution in [-0.4, -0.2) is 41.6 Å². The van der Waals surface area contributed by atoms with Gasteiger partial charge in [-0.25, -0.2) is 0 Å². The highest BCUT2D eigenvalue weighted by molar-refractivity contribution is 7.13. The first-order valence-corrected chi connectivity index (χ1v) is 6.16. The molecule has 0 unspecified atom stereocenters. The van der Waals surface area contributed by atoms with E-state index in [2.05, 4.69) is 10.1 Å². The quantitative estimate of drug-likeness (QED) is 0.870. The van der Waals surface area contributed by atoms with Gasteiger partial charge in [0, 0.05) is 13.1 Å². The number of aromatic hydroxyl groups is 1. The molecule has 0 aliphatic carbocycles. The van der Waals surface area contributed by atoms with Crippen molar-refractivity contribution >= 4 is 17.3 Å². The molecule has 0 bridgehead atoms. The van der Waals surface area contributed by atoms with Gasteiger partial charge in [-0.2, -0.15) is 4.98 Å². The molecule has 0 spiro atoms. The van der Waals surface area contributed by atoms with E-state index in [1.165, 1.54) is 11.3 Å².